The molecule has 1 aromatic rings. The maximum atomic E-state index is 15.0. The minimum Gasteiger partial charge on any atom is -0.463 e. The van der Waals surface area contributed by atoms with E-state index in [1.54, 1.807) is 13.8 Å². The molecule has 3 rings (SSSR count). The smallest absolute Gasteiger partial charge is 0.463 e. The molecule has 0 saturated carbocycles. The van der Waals surface area contributed by atoms with Crippen LogP contribution < -0.4 is 11.5 Å². The van der Waals surface area contributed by atoms with E-state index < -0.39 is 107 Å². The van der Waals surface area contributed by atoms with Crippen LogP contribution in [-0.4, -0.2) is 94.0 Å². The van der Waals surface area contributed by atoms with Crippen molar-refractivity contribution in [1.82, 2.24) is 0 Å². The maximum absolute atomic E-state index is 15.0. The number of primary amides is 1. The van der Waals surface area contributed by atoms with Gasteiger partial charge in [-0.15, -0.1) is 11.3 Å². The largest absolute Gasteiger partial charge is 0.481 e. The number of hydrogen-bond donors (Lipinski definition) is 6. The zero-order valence-electron chi connectivity index (χ0n) is 24.3. The molecule has 22 heteroatoms. The predicted molar refractivity (Wildman–Crippen MR) is 155 cm³/mol. The SMILES string of the molecule is CC(=O)OC[C@H](F)C1O[C@@H](OP(=O)(O)OP(O)(=S)OC[C@H]2O[C@@H](c3csc(C(N)=O)c3N)C(O)[C@H]2O)C(OC(C)=O)[C@@H](C)[C@@H]1C. The molecule has 2 aliphatic rings. The monoisotopic (exact) mass is 724 g/mol. The van der Waals surface area contributed by atoms with E-state index in [0.29, 0.717) is 0 Å². The molecule has 8 N–H and O–H groups in total. The van der Waals surface area contributed by atoms with Crippen molar-refractivity contribution in [2.24, 2.45) is 17.6 Å². The third-order valence-electron chi connectivity index (χ3n) is 7.13. The van der Waals surface area contributed by atoms with E-state index >= 15 is 0 Å². The Bertz CT molecular complexity index is 1350. The van der Waals surface area contributed by atoms with E-state index in [1.807, 2.05) is 0 Å². The number of rotatable bonds is 13. The third-order valence-corrected chi connectivity index (χ3v) is 11.7. The normalized spacial score (nSPS) is 33.5. The van der Waals surface area contributed by atoms with Crippen LogP contribution in [0.15, 0.2) is 5.38 Å². The lowest BCUT2D eigenvalue weighted by Gasteiger charge is -2.44. The second-order valence-electron chi connectivity index (χ2n) is 10.4. The summed E-state index contributed by atoms with van der Waals surface area (Å²) in [6, 6.07) is 0. The van der Waals surface area contributed by atoms with Gasteiger partial charge in [0.1, 0.15) is 35.9 Å². The number of amides is 1. The minimum absolute atomic E-state index is 0.00689. The second kappa shape index (κ2) is 15.1. The number of carbonyl (C=O) groups is 3. The quantitative estimate of drug-likeness (QED) is 0.121. The summed E-state index contributed by atoms with van der Waals surface area (Å²) in [7, 11) is -5.42. The molecule has 0 bridgehead atoms. The Hall–Kier alpha value is -1.64. The molecule has 0 spiro atoms. The Morgan fingerprint density at radius 3 is 2.33 bits per heavy atom. The lowest BCUT2D eigenvalue weighted by Crippen LogP contribution is -2.55. The van der Waals surface area contributed by atoms with Crippen molar-refractivity contribution in [3.05, 3.63) is 15.8 Å². The first-order valence-electron chi connectivity index (χ1n) is 13.2. The van der Waals surface area contributed by atoms with Gasteiger partial charge < -0.3 is 54.9 Å². The third kappa shape index (κ3) is 9.47. The first kappa shape index (κ1) is 37.8. The number of nitrogen functional groups attached to an aromatic ring is 1. The van der Waals surface area contributed by atoms with Gasteiger partial charge in [0.15, 0.2) is 12.3 Å². The first-order chi connectivity index (χ1) is 20.7. The van der Waals surface area contributed by atoms with E-state index in [4.69, 9.17) is 50.8 Å². The highest BCUT2D eigenvalue weighted by atomic mass is 32.5. The molecular formula is C23H35FN2O15P2S2. The van der Waals surface area contributed by atoms with Crippen LogP contribution in [0.25, 0.3) is 0 Å². The van der Waals surface area contributed by atoms with Gasteiger partial charge in [0.2, 0.25) is 6.29 Å². The maximum Gasteiger partial charge on any atom is 0.481 e. The van der Waals surface area contributed by atoms with Crippen LogP contribution in [-0.2, 0) is 58.3 Å². The molecule has 12 atom stereocenters. The summed E-state index contributed by atoms with van der Waals surface area (Å²) in [5.41, 5.74) is 11.3. The first-order valence-corrected chi connectivity index (χ1v) is 18.2. The molecule has 0 radical (unpaired) electrons. The number of anilines is 1. The number of halogens is 1. The highest BCUT2D eigenvalue weighted by Crippen LogP contribution is 2.62. The van der Waals surface area contributed by atoms with Crippen molar-refractivity contribution in [2.45, 2.75) is 76.8 Å². The summed E-state index contributed by atoms with van der Waals surface area (Å²) >= 11 is 5.70. The molecule has 256 valence electrons. The Balaban J connectivity index is 1.69. The van der Waals surface area contributed by atoms with Crippen LogP contribution in [0.1, 0.15) is 49.0 Å². The van der Waals surface area contributed by atoms with E-state index in [9.17, 15) is 43.3 Å². The summed E-state index contributed by atoms with van der Waals surface area (Å²) in [5.74, 6) is -3.78. The van der Waals surface area contributed by atoms with Crippen molar-refractivity contribution >= 4 is 61.2 Å². The average Bonchev–Trinajstić information content (AvgIpc) is 3.43. The predicted octanol–water partition coefficient (Wildman–Crippen LogP) is 0.788. The number of aliphatic hydroxyl groups is 2. The van der Waals surface area contributed by atoms with Gasteiger partial charge in [-0.1, -0.05) is 13.8 Å². The highest BCUT2D eigenvalue weighted by molar-refractivity contribution is 8.08. The molecular weight excluding hydrogens is 689 g/mol. The van der Waals surface area contributed by atoms with Gasteiger partial charge in [0.05, 0.1) is 18.4 Å². The Labute approximate surface area is 265 Å². The van der Waals surface area contributed by atoms with Gasteiger partial charge in [-0.05, 0) is 23.1 Å². The molecule has 45 heavy (non-hydrogen) atoms. The zero-order valence-corrected chi connectivity index (χ0v) is 27.7. The van der Waals surface area contributed by atoms with Gasteiger partial charge in [0, 0.05) is 25.3 Å². The summed E-state index contributed by atoms with van der Waals surface area (Å²) in [4.78, 5) is 55.4. The lowest BCUT2D eigenvalue weighted by atomic mass is 9.82. The number of ether oxygens (including phenoxy) is 4. The number of aliphatic hydroxyl groups excluding tert-OH is 2. The van der Waals surface area contributed by atoms with Crippen molar-refractivity contribution < 1.29 is 75.6 Å². The number of thiophene rings is 1. The Morgan fingerprint density at radius 1 is 1.13 bits per heavy atom. The summed E-state index contributed by atoms with van der Waals surface area (Å²) in [5, 5.41) is 22.3. The molecule has 1 amide bonds. The van der Waals surface area contributed by atoms with Gasteiger partial charge in [0.25, 0.3) is 5.91 Å². The summed E-state index contributed by atoms with van der Waals surface area (Å²) in [6.07, 6.45) is -12.3. The van der Waals surface area contributed by atoms with Crippen LogP contribution in [0.2, 0.25) is 0 Å². The molecule has 2 saturated heterocycles. The lowest BCUT2D eigenvalue weighted by molar-refractivity contribution is -0.262. The van der Waals surface area contributed by atoms with Gasteiger partial charge in [-0.2, -0.15) is 0 Å². The topological polar surface area (TPSA) is 266 Å². The van der Waals surface area contributed by atoms with Crippen LogP contribution in [0.3, 0.4) is 0 Å². The molecule has 0 aromatic carbocycles. The van der Waals surface area contributed by atoms with Crippen LogP contribution >= 0.6 is 25.9 Å². The number of phosphoric acid groups is 1. The number of phosphoric ester groups is 1. The van der Waals surface area contributed by atoms with E-state index in [2.05, 4.69) is 4.74 Å². The zero-order chi connectivity index (χ0) is 34.0. The Kier molecular flexibility index (Phi) is 12.7. The fourth-order valence-electron chi connectivity index (χ4n) is 4.76. The van der Waals surface area contributed by atoms with Crippen molar-refractivity contribution in [2.75, 3.05) is 18.9 Å². The Morgan fingerprint density at radius 2 is 1.78 bits per heavy atom. The molecule has 1 aromatic heterocycles. The number of nitrogens with two attached hydrogens (primary N) is 2. The van der Waals surface area contributed by atoms with Crippen molar-refractivity contribution in [1.29, 1.82) is 0 Å². The average molecular weight is 725 g/mol. The van der Waals surface area contributed by atoms with Gasteiger partial charge in [-0.25, -0.2) is 13.3 Å². The highest BCUT2D eigenvalue weighted by Gasteiger charge is 2.51. The molecule has 2 fully saturated rings. The van der Waals surface area contributed by atoms with Crippen molar-refractivity contribution in [3.8, 4) is 0 Å². The number of hydrogen-bond acceptors (Lipinski definition) is 16. The number of alkyl halides is 1. The fraction of sp³-hybridized carbons (Fsp3) is 0.696. The molecule has 3 heterocycles. The molecule has 17 nitrogen and oxygen atoms in total. The molecule has 0 aliphatic carbocycles. The van der Waals surface area contributed by atoms with E-state index in [1.165, 1.54) is 5.38 Å². The van der Waals surface area contributed by atoms with Gasteiger partial charge >= 0.3 is 26.5 Å². The molecule has 5 unspecified atom stereocenters. The van der Waals surface area contributed by atoms with Crippen molar-refractivity contribution in [3.63, 3.8) is 0 Å². The van der Waals surface area contributed by atoms with E-state index in [0.717, 1.165) is 25.2 Å². The van der Waals surface area contributed by atoms with E-state index in [-0.39, 0.29) is 16.1 Å². The summed E-state index contributed by atoms with van der Waals surface area (Å²) in [6.45, 7) is -0.910. The number of esters is 2. The fourth-order valence-corrected chi connectivity index (χ4v) is 8.72. The standard InChI is InChI=1S/C23H35FN2O15P2S2/c1-8-9(2)19(37-11(4)28)23(39-18(8)13(24)5-35-10(3)27)40-42(32,33)41-43(34,44)36-6-14-16(29)17(30)20(38-14)12-7-45-21(15(12)25)22(26)31/h7-9,13-14,16-20,23,29-30H,5-6,25H2,1-4H3,(H2,26,31)(H,32,33)(H,34,44)/t8-,9-,13-,14+,16-,17?,18?,19?,20-,23-,43?/m0/s1. The van der Waals surface area contributed by atoms with Crippen LogP contribution in [0.5, 0.6) is 0 Å². The minimum atomic E-state index is -5.42. The van der Waals surface area contributed by atoms with Crippen LogP contribution in [0, 0.1) is 11.8 Å². The van der Waals surface area contributed by atoms with Crippen LogP contribution in [0.4, 0.5) is 10.1 Å². The van der Waals surface area contributed by atoms with Gasteiger partial charge in [-0.3, -0.25) is 18.9 Å². The summed E-state index contributed by atoms with van der Waals surface area (Å²) < 4.78 is 63.7. The number of carbonyl (C=O) groups excluding carboxylic acids is 3. The second-order valence-corrected chi connectivity index (χ2v) is 15.6. The molecule has 2 aliphatic heterocycles.